The zero-order valence-corrected chi connectivity index (χ0v) is 17.4. The molecule has 3 rings (SSSR count). The Morgan fingerprint density at radius 2 is 1.74 bits per heavy atom. The van der Waals surface area contributed by atoms with Crippen molar-refractivity contribution in [2.24, 2.45) is 4.99 Å². The Morgan fingerprint density at radius 3 is 2.41 bits per heavy atom. The third-order valence-electron chi connectivity index (χ3n) is 3.94. The van der Waals surface area contributed by atoms with Gasteiger partial charge in [0.2, 0.25) is 0 Å². The van der Waals surface area contributed by atoms with Gasteiger partial charge in [0, 0.05) is 11.2 Å². The lowest BCUT2D eigenvalue weighted by Crippen LogP contribution is -1.99. The van der Waals surface area contributed by atoms with E-state index in [1.54, 1.807) is 13.3 Å². The number of aryl methyl sites for hydroxylation is 1. The highest BCUT2D eigenvalue weighted by Crippen LogP contribution is 2.37. The van der Waals surface area contributed by atoms with E-state index < -0.39 is 0 Å². The van der Waals surface area contributed by atoms with Crippen molar-refractivity contribution >= 4 is 39.4 Å². The predicted octanol–water partition coefficient (Wildman–Crippen LogP) is 6.75. The van der Waals surface area contributed by atoms with Crippen LogP contribution in [-0.4, -0.2) is 13.3 Å². The summed E-state index contributed by atoms with van der Waals surface area (Å²) in [5.74, 6) is 1.30. The molecule has 0 aliphatic heterocycles. The molecule has 3 aromatic rings. The fraction of sp³-hybridized carbons (Fsp3) is 0.136. The van der Waals surface area contributed by atoms with Crippen LogP contribution in [0.3, 0.4) is 0 Å². The van der Waals surface area contributed by atoms with Crippen LogP contribution in [0.1, 0.15) is 16.7 Å². The molecule has 0 amide bonds. The van der Waals surface area contributed by atoms with Crippen molar-refractivity contribution in [1.29, 1.82) is 0 Å². The molecule has 0 fully saturated rings. The number of hydrogen-bond donors (Lipinski definition) is 0. The number of ether oxygens (including phenoxy) is 2. The second-order valence-electron chi connectivity index (χ2n) is 6.04. The van der Waals surface area contributed by atoms with Gasteiger partial charge >= 0.3 is 0 Å². The number of benzene rings is 3. The number of rotatable bonds is 6. The standard InChI is InChI=1S/C22H19BrClNO2/c1-15-3-9-19(10-4-15)25-13-17-11-20(23)22(21(12-17)26-2)27-14-16-5-7-18(24)8-6-16/h3-13H,14H2,1-2H3. The van der Waals surface area contributed by atoms with E-state index in [4.69, 9.17) is 21.1 Å². The second kappa shape index (κ2) is 9.07. The van der Waals surface area contributed by atoms with Gasteiger partial charge in [-0.3, -0.25) is 4.99 Å². The van der Waals surface area contributed by atoms with E-state index in [0.717, 1.165) is 21.3 Å². The van der Waals surface area contributed by atoms with Crippen LogP contribution in [0.2, 0.25) is 5.02 Å². The van der Waals surface area contributed by atoms with Crippen molar-refractivity contribution in [3.63, 3.8) is 0 Å². The van der Waals surface area contributed by atoms with Crippen LogP contribution in [0.15, 0.2) is 70.1 Å². The number of halogens is 2. The van der Waals surface area contributed by atoms with E-state index in [2.05, 4.69) is 27.8 Å². The van der Waals surface area contributed by atoms with E-state index in [1.807, 2.05) is 60.7 Å². The van der Waals surface area contributed by atoms with Crippen LogP contribution < -0.4 is 9.47 Å². The van der Waals surface area contributed by atoms with Crippen molar-refractivity contribution < 1.29 is 9.47 Å². The second-order valence-corrected chi connectivity index (χ2v) is 7.33. The molecule has 0 N–H and O–H groups in total. The number of methoxy groups -OCH3 is 1. The molecule has 3 nitrogen and oxygen atoms in total. The minimum Gasteiger partial charge on any atom is -0.493 e. The van der Waals surface area contributed by atoms with Crippen molar-refractivity contribution in [1.82, 2.24) is 0 Å². The average Bonchev–Trinajstić information content (AvgIpc) is 2.67. The summed E-state index contributed by atoms with van der Waals surface area (Å²) >= 11 is 9.49. The maximum absolute atomic E-state index is 5.96. The van der Waals surface area contributed by atoms with Crippen LogP contribution in [0.25, 0.3) is 0 Å². The van der Waals surface area contributed by atoms with E-state index in [9.17, 15) is 0 Å². The summed E-state index contributed by atoms with van der Waals surface area (Å²) in [6, 6.07) is 19.5. The summed E-state index contributed by atoms with van der Waals surface area (Å²) in [6.45, 7) is 2.47. The summed E-state index contributed by atoms with van der Waals surface area (Å²) in [5, 5.41) is 0.703. The van der Waals surface area contributed by atoms with Crippen LogP contribution in [0.5, 0.6) is 11.5 Å². The lowest BCUT2D eigenvalue weighted by molar-refractivity contribution is 0.282. The fourth-order valence-corrected chi connectivity index (χ4v) is 3.17. The first-order valence-electron chi connectivity index (χ1n) is 8.40. The zero-order valence-electron chi connectivity index (χ0n) is 15.1. The highest BCUT2D eigenvalue weighted by Gasteiger charge is 2.11. The number of aliphatic imine (C=N–C) groups is 1. The molecule has 0 unspecified atom stereocenters. The van der Waals surface area contributed by atoms with E-state index in [-0.39, 0.29) is 0 Å². The molecule has 0 spiro atoms. The molecule has 0 atom stereocenters. The van der Waals surface area contributed by atoms with Crippen LogP contribution in [0, 0.1) is 6.92 Å². The van der Waals surface area contributed by atoms with Gasteiger partial charge in [-0.15, -0.1) is 0 Å². The third-order valence-corrected chi connectivity index (χ3v) is 4.79. The van der Waals surface area contributed by atoms with Crippen LogP contribution in [0.4, 0.5) is 5.69 Å². The van der Waals surface area contributed by atoms with Gasteiger partial charge in [-0.2, -0.15) is 0 Å². The fourth-order valence-electron chi connectivity index (χ4n) is 2.47. The first-order valence-corrected chi connectivity index (χ1v) is 9.58. The Labute approximate surface area is 172 Å². The summed E-state index contributed by atoms with van der Waals surface area (Å²) in [7, 11) is 1.62. The van der Waals surface area contributed by atoms with Gasteiger partial charge in [0.15, 0.2) is 11.5 Å². The maximum Gasteiger partial charge on any atom is 0.175 e. The number of nitrogens with zero attached hydrogens (tertiary/aromatic N) is 1. The predicted molar refractivity (Wildman–Crippen MR) is 115 cm³/mol. The lowest BCUT2D eigenvalue weighted by atomic mass is 10.2. The molecule has 5 heteroatoms. The largest absolute Gasteiger partial charge is 0.493 e. The monoisotopic (exact) mass is 443 g/mol. The topological polar surface area (TPSA) is 30.8 Å². The van der Waals surface area contributed by atoms with Crippen LogP contribution in [-0.2, 0) is 6.61 Å². The Balaban J connectivity index is 1.77. The molecule has 138 valence electrons. The lowest BCUT2D eigenvalue weighted by Gasteiger charge is -2.13. The molecule has 3 aromatic carbocycles. The minimum absolute atomic E-state index is 0.420. The van der Waals surface area contributed by atoms with Crippen molar-refractivity contribution in [3.8, 4) is 11.5 Å². The highest BCUT2D eigenvalue weighted by atomic mass is 79.9. The molecular formula is C22H19BrClNO2. The molecule has 0 saturated carbocycles. The minimum atomic E-state index is 0.420. The normalized spacial score (nSPS) is 11.0. The molecule has 0 heterocycles. The van der Waals surface area contributed by atoms with E-state index in [0.29, 0.717) is 23.1 Å². The molecule has 0 radical (unpaired) electrons. The maximum atomic E-state index is 5.96. The Bertz CT molecular complexity index is 938. The zero-order chi connectivity index (χ0) is 19.2. The van der Waals surface area contributed by atoms with Crippen LogP contribution >= 0.6 is 27.5 Å². The van der Waals surface area contributed by atoms with Gasteiger partial charge in [0.25, 0.3) is 0 Å². The molecule has 0 bridgehead atoms. The smallest absolute Gasteiger partial charge is 0.175 e. The molecule has 0 aliphatic rings. The van der Waals surface area contributed by atoms with Gasteiger partial charge in [-0.1, -0.05) is 41.4 Å². The van der Waals surface area contributed by atoms with E-state index in [1.165, 1.54) is 5.56 Å². The Hall–Kier alpha value is -2.30. The Morgan fingerprint density at radius 1 is 1.04 bits per heavy atom. The highest BCUT2D eigenvalue weighted by molar-refractivity contribution is 9.10. The van der Waals surface area contributed by atoms with Gasteiger partial charge < -0.3 is 9.47 Å². The number of hydrogen-bond acceptors (Lipinski definition) is 3. The Kier molecular flexibility index (Phi) is 6.54. The van der Waals surface area contributed by atoms with Gasteiger partial charge in [-0.25, -0.2) is 0 Å². The summed E-state index contributed by atoms with van der Waals surface area (Å²) in [4.78, 5) is 4.51. The summed E-state index contributed by atoms with van der Waals surface area (Å²) in [5.41, 5.74) is 4.05. The van der Waals surface area contributed by atoms with E-state index >= 15 is 0 Å². The molecular weight excluding hydrogens is 426 g/mol. The van der Waals surface area contributed by atoms with Crippen molar-refractivity contribution in [2.75, 3.05) is 7.11 Å². The van der Waals surface area contributed by atoms with Crippen molar-refractivity contribution in [2.45, 2.75) is 13.5 Å². The molecule has 0 saturated heterocycles. The summed E-state index contributed by atoms with van der Waals surface area (Å²) < 4.78 is 12.3. The molecule has 0 aromatic heterocycles. The third kappa shape index (κ3) is 5.34. The SMILES string of the molecule is COc1cc(C=Nc2ccc(C)cc2)cc(Br)c1OCc1ccc(Cl)cc1. The van der Waals surface area contributed by atoms with Crippen molar-refractivity contribution in [3.05, 3.63) is 86.8 Å². The van der Waals surface area contributed by atoms with Gasteiger partial charge in [-0.05, 0) is 70.4 Å². The quantitative estimate of drug-likeness (QED) is 0.394. The molecule has 0 aliphatic carbocycles. The first-order chi connectivity index (χ1) is 13.0. The van der Waals surface area contributed by atoms with Gasteiger partial charge in [0.1, 0.15) is 6.61 Å². The first kappa shape index (κ1) is 19.5. The summed E-state index contributed by atoms with van der Waals surface area (Å²) in [6.07, 6.45) is 1.81. The molecule has 27 heavy (non-hydrogen) atoms. The average molecular weight is 445 g/mol. The van der Waals surface area contributed by atoms with Gasteiger partial charge in [0.05, 0.1) is 17.3 Å².